The van der Waals surface area contributed by atoms with Gasteiger partial charge >= 0.3 is 11.7 Å². The van der Waals surface area contributed by atoms with Gasteiger partial charge < -0.3 is 9.84 Å². The molecule has 0 atom stereocenters. The summed E-state index contributed by atoms with van der Waals surface area (Å²) in [6.07, 6.45) is 0.550. The van der Waals surface area contributed by atoms with Gasteiger partial charge in [0.25, 0.3) is 0 Å². The van der Waals surface area contributed by atoms with Gasteiger partial charge in [-0.25, -0.2) is 4.79 Å². The van der Waals surface area contributed by atoms with Gasteiger partial charge in [-0.15, -0.1) is 6.58 Å². The Balaban J connectivity index is 3.03. The van der Waals surface area contributed by atoms with Gasteiger partial charge in [0, 0.05) is 6.42 Å². The number of hydrogen-bond acceptors (Lipinski definition) is 4. The maximum absolute atomic E-state index is 10.9. The number of aromatic carboxylic acids is 1. The predicted molar refractivity (Wildman–Crippen MR) is 65.0 cm³/mol. The van der Waals surface area contributed by atoms with Crippen molar-refractivity contribution in [1.82, 2.24) is 0 Å². The van der Waals surface area contributed by atoms with Crippen molar-refractivity contribution < 1.29 is 19.6 Å². The highest BCUT2D eigenvalue weighted by Crippen LogP contribution is 2.30. The van der Waals surface area contributed by atoms with E-state index >= 15 is 0 Å². The van der Waals surface area contributed by atoms with E-state index in [1.165, 1.54) is 18.2 Å². The van der Waals surface area contributed by atoms with Crippen molar-refractivity contribution >= 4 is 11.7 Å². The molecule has 0 spiro atoms. The molecule has 0 bridgehead atoms. The summed E-state index contributed by atoms with van der Waals surface area (Å²) >= 11 is 0. The average molecular weight is 251 g/mol. The van der Waals surface area contributed by atoms with Crippen molar-refractivity contribution in [3.8, 4) is 5.75 Å². The number of rotatable bonds is 6. The summed E-state index contributed by atoms with van der Waals surface area (Å²) in [5, 5.41) is 19.8. The largest absolute Gasteiger partial charge is 0.486 e. The zero-order valence-corrected chi connectivity index (χ0v) is 9.88. The Morgan fingerprint density at radius 3 is 2.72 bits per heavy atom. The summed E-state index contributed by atoms with van der Waals surface area (Å²) in [6, 6.07) is 3.96. The molecule has 0 aliphatic rings. The first-order valence-electron chi connectivity index (χ1n) is 5.21. The van der Waals surface area contributed by atoms with E-state index in [1.54, 1.807) is 0 Å². The number of nitrogens with zero attached hydrogens (tertiary/aromatic N) is 1. The molecule has 0 aromatic heterocycles. The standard InChI is InChI=1S/C12H13NO5/c1-8(2)6-7-18-10-5-3-4-9(12(14)15)11(10)13(16)17/h3-5H,1,6-7H2,2H3,(H,14,15). The molecule has 1 rings (SSSR count). The van der Waals surface area contributed by atoms with Crippen LogP contribution in [0.3, 0.4) is 0 Å². The number of carboxylic acid groups (broad SMARTS) is 1. The molecule has 0 heterocycles. The summed E-state index contributed by atoms with van der Waals surface area (Å²) in [7, 11) is 0. The highest BCUT2D eigenvalue weighted by Gasteiger charge is 2.25. The molecular weight excluding hydrogens is 238 g/mol. The summed E-state index contributed by atoms with van der Waals surface area (Å²) < 4.78 is 5.23. The van der Waals surface area contributed by atoms with Crippen LogP contribution in [0.25, 0.3) is 0 Å². The summed E-state index contributed by atoms with van der Waals surface area (Å²) in [4.78, 5) is 21.0. The molecular formula is C12H13NO5. The number of nitro groups is 1. The quantitative estimate of drug-likeness (QED) is 0.477. The van der Waals surface area contributed by atoms with Crippen molar-refractivity contribution in [2.45, 2.75) is 13.3 Å². The normalized spacial score (nSPS) is 9.83. The minimum atomic E-state index is -1.35. The van der Waals surface area contributed by atoms with Crippen LogP contribution >= 0.6 is 0 Å². The molecule has 0 saturated heterocycles. The third kappa shape index (κ3) is 3.31. The molecule has 1 N–H and O–H groups in total. The van der Waals surface area contributed by atoms with Gasteiger partial charge in [0.05, 0.1) is 11.5 Å². The molecule has 96 valence electrons. The zero-order chi connectivity index (χ0) is 13.7. The Kier molecular flexibility index (Phi) is 4.42. The van der Waals surface area contributed by atoms with E-state index < -0.39 is 16.6 Å². The Morgan fingerprint density at radius 1 is 1.56 bits per heavy atom. The fraction of sp³-hybridized carbons (Fsp3) is 0.250. The van der Waals surface area contributed by atoms with Crippen molar-refractivity contribution in [1.29, 1.82) is 0 Å². The number of benzene rings is 1. The van der Waals surface area contributed by atoms with Crippen LogP contribution in [0.5, 0.6) is 5.75 Å². The Bertz CT molecular complexity index is 495. The van der Waals surface area contributed by atoms with Crippen LogP contribution in [-0.4, -0.2) is 22.6 Å². The van der Waals surface area contributed by atoms with Crippen LogP contribution in [0, 0.1) is 10.1 Å². The summed E-state index contributed by atoms with van der Waals surface area (Å²) in [5.74, 6) is -1.40. The highest BCUT2D eigenvalue weighted by atomic mass is 16.6. The number of nitro benzene ring substituents is 1. The fourth-order valence-electron chi connectivity index (χ4n) is 1.33. The molecule has 0 fully saturated rings. The first-order valence-corrected chi connectivity index (χ1v) is 5.21. The molecule has 0 aliphatic carbocycles. The average Bonchev–Trinajstić information content (AvgIpc) is 2.27. The molecule has 6 nitrogen and oxygen atoms in total. The molecule has 0 saturated carbocycles. The lowest BCUT2D eigenvalue weighted by atomic mass is 10.1. The van der Waals surface area contributed by atoms with E-state index in [4.69, 9.17) is 9.84 Å². The van der Waals surface area contributed by atoms with E-state index in [1.807, 2.05) is 6.92 Å². The third-order valence-electron chi connectivity index (χ3n) is 2.20. The molecule has 0 aliphatic heterocycles. The lowest BCUT2D eigenvalue weighted by molar-refractivity contribution is -0.386. The zero-order valence-electron chi connectivity index (χ0n) is 9.88. The number of ether oxygens (including phenoxy) is 1. The summed E-state index contributed by atoms with van der Waals surface area (Å²) in [5.41, 5.74) is -0.0217. The second-order valence-corrected chi connectivity index (χ2v) is 3.77. The number of carboxylic acids is 1. The van der Waals surface area contributed by atoms with Gasteiger partial charge in [-0.3, -0.25) is 10.1 Å². The minimum absolute atomic E-state index is 0.0406. The first-order chi connectivity index (χ1) is 8.43. The van der Waals surface area contributed by atoms with Crippen LogP contribution < -0.4 is 4.74 Å². The van der Waals surface area contributed by atoms with Crippen LogP contribution in [0.15, 0.2) is 30.4 Å². The summed E-state index contributed by atoms with van der Waals surface area (Å²) in [6.45, 7) is 5.71. The molecule has 6 heteroatoms. The molecule has 1 aromatic carbocycles. The van der Waals surface area contributed by atoms with Gasteiger partial charge in [-0.1, -0.05) is 11.6 Å². The van der Waals surface area contributed by atoms with E-state index in [0.29, 0.717) is 6.42 Å². The van der Waals surface area contributed by atoms with Crippen LogP contribution in [0.1, 0.15) is 23.7 Å². The Hall–Kier alpha value is -2.37. The van der Waals surface area contributed by atoms with Gasteiger partial charge in [-0.05, 0) is 19.1 Å². The number of carbonyl (C=O) groups is 1. The number of hydrogen-bond donors (Lipinski definition) is 1. The third-order valence-corrected chi connectivity index (χ3v) is 2.20. The maximum atomic E-state index is 10.9. The van der Waals surface area contributed by atoms with Crippen molar-refractivity contribution in [3.05, 3.63) is 46.0 Å². The number of para-hydroxylation sites is 1. The second-order valence-electron chi connectivity index (χ2n) is 3.77. The van der Waals surface area contributed by atoms with E-state index in [2.05, 4.69) is 6.58 Å². The molecule has 0 unspecified atom stereocenters. The van der Waals surface area contributed by atoms with Crippen LogP contribution in [-0.2, 0) is 0 Å². The van der Waals surface area contributed by atoms with Gasteiger partial charge in [0.2, 0.25) is 0 Å². The SMILES string of the molecule is C=C(C)CCOc1cccc(C(=O)O)c1[N+](=O)[O-]. The fourth-order valence-corrected chi connectivity index (χ4v) is 1.33. The molecule has 0 amide bonds. The molecule has 0 radical (unpaired) electrons. The Labute approximate surface area is 104 Å². The Morgan fingerprint density at radius 2 is 2.22 bits per heavy atom. The van der Waals surface area contributed by atoms with Gasteiger partial charge in [0.15, 0.2) is 5.75 Å². The maximum Gasteiger partial charge on any atom is 0.342 e. The topological polar surface area (TPSA) is 89.7 Å². The van der Waals surface area contributed by atoms with Crippen molar-refractivity contribution in [2.75, 3.05) is 6.61 Å². The van der Waals surface area contributed by atoms with E-state index in [-0.39, 0.29) is 17.9 Å². The monoisotopic (exact) mass is 251 g/mol. The first kappa shape index (κ1) is 13.7. The molecule has 18 heavy (non-hydrogen) atoms. The molecule has 1 aromatic rings. The van der Waals surface area contributed by atoms with E-state index in [0.717, 1.165) is 5.57 Å². The van der Waals surface area contributed by atoms with Crippen molar-refractivity contribution in [3.63, 3.8) is 0 Å². The second kappa shape index (κ2) is 5.81. The lowest BCUT2D eigenvalue weighted by Crippen LogP contribution is -2.06. The predicted octanol–water partition coefficient (Wildman–Crippen LogP) is 2.64. The van der Waals surface area contributed by atoms with Gasteiger partial charge in [0.1, 0.15) is 5.56 Å². The van der Waals surface area contributed by atoms with E-state index in [9.17, 15) is 14.9 Å². The minimum Gasteiger partial charge on any atom is -0.486 e. The van der Waals surface area contributed by atoms with Crippen LogP contribution in [0.2, 0.25) is 0 Å². The van der Waals surface area contributed by atoms with Crippen LogP contribution in [0.4, 0.5) is 5.69 Å². The van der Waals surface area contributed by atoms with Gasteiger partial charge in [-0.2, -0.15) is 0 Å². The smallest absolute Gasteiger partial charge is 0.342 e. The van der Waals surface area contributed by atoms with Crippen molar-refractivity contribution in [2.24, 2.45) is 0 Å². The lowest BCUT2D eigenvalue weighted by Gasteiger charge is -2.07. The highest BCUT2D eigenvalue weighted by molar-refractivity contribution is 5.93.